The van der Waals surface area contributed by atoms with Gasteiger partial charge in [-0.2, -0.15) is 21.3 Å². The molecule has 0 bridgehead atoms. The van der Waals surface area contributed by atoms with Gasteiger partial charge in [-0.25, -0.2) is 22.7 Å². The van der Waals surface area contributed by atoms with Crippen molar-refractivity contribution in [2.75, 3.05) is 19.5 Å². The summed E-state index contributed by atoms with van der Waals surface area (Å²) in [6.07, 6.45) is 0. The zero-order valence-corrected chi connectivity index (χ0v) is 14.5. The van der Waals surface area contributed by atoms with Crippen LogP contribution < -0.4 is 19.5 Å². The van der Waals surface area contributed by atoms with E-state index in [0.29, 0.717) is 0 Å². The minimum Gasteiger partial charge on any atom is -0.481 e. The predicted octanol–water partition coefficient (Wildman–Crippen LogP) is 0.764. The number of aromatic carboxylic acids is 1. The molecule has 2 rings (SSSR count). The fourth-order valence-electron chi connectivity index (χ4n) is 1.62. The van der Waals surface area contributed by atoms with Crippen LogP contribution in [0.2, 0.25) is 0 Å². The number of amides is 2. The number of carbonyl (C=O) groups is 2. The summed E-state index contributed by atoms with van der Waals surface area (Å²) in [5.74, 6) is -1.54. The molecular formula is C12H12N4O7S2. The summed E-state index contributed by atoms with van der Waals surface area (Å²) < 4.78 is 35.8. The molecule has 0 aromatic carbocycles. The highest BCUT2D eigenvalue weighted by Gasteiger charge is 2.25. The first-order valence-corrected chi connectivity index (χ1v) is 8.79. The number of methoxy groups -OCH3 is 2. The molecule has 3 N–H and O–H groups in total. The van der Waals surface area contributed by atoms with Gasteiger partial charge in [0.1, 0.15) is 4.90 Å². The molecule has 2 aromatic heterocycles. The number of nitrogens with zero attached hydrogens (tertiary/aromatic N) is 2. The minimum absolute atomic E-state index is 0.0796. The maximum Gasteiger partial charge on any atom is 0.337 e. The highest BCUT2D eigenvalue weighted by atomic mass is 32.2. The van der Waals surface area contributed by atoms with E-state index in [-0.39, 0.29) is 17.7 Å². The second-order valence-electron chi connectivity index (χ2n) is 4.29. The number of aromatic nitrogens is 2. The lowest BCUT2D eigenvalue weighted by Crippen LogP contribution is -2.35. The SMILES string of the molecule is COc1cc(OC)nc(NC(=O)NS(=O)(=O)c2cscc2C(=O)O)n1. The van der Waals surface area contributed by atoms with Gasteiger partial charge in [-0.05, 0) is 0 Å². The molecule has 0 saturated carbocycles. The van der Waals surface area contributed by atoms with Crippen molar-refractivity contribution in [1.29, 1.82) is 0 Å². The summed E-state index contributed by atoms with van der Waals surface area (Å²) in [4.78, 5) is 30.0. The van der Waals surface area contributed by atoms with E-state index in [9.17, 15) is 18.0 Å². The molecule has 2 aromatic rings. The molecule has 0 unspecified atom stereocenters. The van der Waals surface area contributed by atoms with E-state index in [1.807, 2.05) is 0 Å². The Morgan fingerprint density at radius 3 is 2.28 bits per heavy atom. The molecule has 0 spiro atoms. The Labute approximate surface area is 145 Å². The molecular weight excluding hydrogens is 376 g/mol. The van der Waals surface area contributed by atoms with Gasteiger partial charge in [0.25, 0.3) is 10.0 Å². The second kappa shape index (κ2) is 7.31. The molecule has 2 heterocycles. The van der Waals surface area contributed by atoms with E-state index in [2.05, 4.69) is 15.3 Å². The first-order chi connectivity index (χ1) is 11.8. The Hall–Kier alpha value is -2.93. The van der Waals surface area contributed by atoms with E-state index >= 15 is 0 Å². The van der Waals surface area contributed by atoms with Gasteiger partial charge >= 0.3 is 12.0 Å². The number of hydrogen-bond acceptors (Lipinski definition) is 9. The monoisotopic (exact) mass is 388 g/mol. The van der Waals surface area contributed by atoms with Gasteiger partial charge in [0.2, 0.25) is 17.7 Å². The molecule has 0 atom stereocenters. The summed E-state index contributed by atoms with van der Waals surface area (Å²) in [6, 6.07) is 0.169. The van der Waals surface area contributed by atoms with E-state index in [1.54, 1.807) is 4.72 Å². The molecule has 0 aliphatic heterocycles. The number of carboxylic acids is 1. The average molecular weight is 388 g/mol. The number of carboxylic acid groups (broad SMARTS) is 1. The van der Waals surface area contributed by atoms with Gasteiger partial charge < -0.3 is 14.6 Å². The van der Waals surface area contributed by atoms with Crippen molar-refractivity contribution in [3.8, 4) is 11.8 Å². The highest BCUT2D eigenvalue weighted by molar-refractivity contribution is 7.90. The third-order valence-corrected chi connectivity index (χ3v) is 4.96. The van der Waals surface area contributed by atoms with Crippen molar-refractivity contribution in [2.24, 2.45) is 0 Å². The molecule has 2 amide bonds. The third-order valence-electron chi connectivity index (χ3n) is 2.70. The van der Waals surface area contributed by atoms with Crippen molar-refractivity contribution < 1.29 is 32.6 Å². The predicted molar refractivity (Wildman–Crippen MR) is 85.8 cm³/mol. The summed E-state index contributed by atoms with van der Waals surface area (Å²) in [5, 5.41) is 13.3. The molecule has 0 aliphatic carbocycles. The zero-order chi connectivity index (χ0) is 18.6. The van der Waals surface area contributed by atoms with E-state index in [4.69, 9.17) is 14.6 Å². The highest BCUT2D eigenvalue weighted by Crippen LogP contribution is 2.21. The van der Waals surface area contributed by atoms with Crippen LogP contribution in [0, 0.1) is 0 Å². The zero-order valence-electron chi connectivity index (χ0n) is 12.8. The average Bonchev–Trinajstić information content (AvgIpc) is 3.04. The smallest absolute Gasteiger partial charge is 0.337 e. The van der Waals surface area contributed by atoms with Crippen LogP contribution in [0.15, 0.2) is 21.7 Å². The Balaban J connectivity index is 2.19. The number of thiophene rings is 1. The van der Waals surface area contributed by atoms with Crippen LogP contribution in [0.3, 0.4) is 0 Å². The largest absolute Gasteiger partial charge is 0.481 e. The summed E-state index contributed by atoms with van der Waals surface area (Å²) in [5.41, 5.74) is -0.440. The van der Waals surface area contributed by atoms with Gasteiger partial charge in [-0.3, -0.25) is 5.32 Å². The number of anilines is 1. The Morgan fingerprint density at radius 2 is 1.76 bits per heavy atom. The number of ether oxygens (including phenoxy) is 2. The van der Waals surface area contributed by atoms with Crippen LogP contribution >= 0.6 is 11.3 Å². The molecule has 13 heteroatoms. The first-order valence-electron chi connectivity index (χ1n) is 6.37. The number of nitrogens with one attached hydrogen (secondary N) is 2. The maximum atomic E-state index is 12.1. The summed E-state index contributed by atoms with van der Waals surface area (Å²) in [7, 11) is -1.73. The van der Waals surface area contributed by atoms with Crippen LogP contribution in [-0.4, -0.2) is 49.7 Å². The van der Waals surface area contributed by atoms with E-state index < -0.39 is 32.5 Å². The van der Waals surface area contributed by atoms with Crippen molar-refractivity contribution in [3.63, 3.8) is 0 Å². The number of urea groups is 1. The Morgan fingerprint density at radius 1 is 1.16 bits per heavy atom. The van der Waals surface area contributed by atoms with E-state index in [0.717, 1.165) is 22.1 Å². The maximum absolute atomic E-state index is 12.1. The Kier molecular flexibility index (Phi) is 5.38. The fourth-order valence-corrected chi connectivity index (χ4v) is 3.89. The number of sulfonamides is 1. The van der Waals surface area contributed by atoms with Crippen molar-refractivity contribution in [2.45, 2.75) is 4.90 Å². The van der Waals surface area contributed by atoms with E-state index in [1.165, 1.54) is 20.3 Å². The quantitative estimate of drug-likeness (QED) is 0.650. The van der Waals surface area contributed by atoms with Gasteiger partial charge in [0, 0.05) is 10.8 Å². The van der Waals surface area contributed by atoms with Gasteiger partial charge in [-0.15, -0.1) is 0 Å². The molecule has 0 fully saturated rings. The lowest BCUT2D eigenvalue weighted by Gasteiger charge is -2.09. The van der Waals surface area contributed by atoms with Crippen molar-refractivity contribution >= 4 is 39.3 Å². The fraction of sp³-hybridized carbons (Fsp3) is 0.167. The lowest BCUT2D eigenvalue weighted by molar-refractivity contribution is 0.0693. The van der Waals surface area contributed by atoms with Crippen LogP contribution in [0.25, 0.3) is 0 Å². The normalized spacial score (nSPS) is 10.8. The van der Waals surface area contributed by atoms with Crippen LogP contribution in [0.1, 0.15) is 10.4 Å². The van der Waals surface area contributed by atoms with Crippen LogP contribution in [0.5, 0.6) is 11.8 Å². The number of hydrogen-bond donors (Lipinski definition) is 3. The first kappa shape index (κ1) is 18.4. The summed E-state index contributed by atoms with van der Waals surface area (Å²) >= 11 is 0.873. The molecule has 0 radical (unpaired) electrons. The molecule has 0 aliphatic rings. The topological polar surface area (TPSA) is 157 Å². The molecule has 11 nitrogen and oxygen atoms in total. The molecule has 134 valence electrons. The van der Waals surface area contributed by atoms with Crippen LogP contribution in [0.4, 0.5) is 10.7 Å². The van der Waals surface area contributed by atoms with Crippen molar-refractivity contribution in [3.05, 3.63) is 22.4 Å². The van der Waals surface area contributed by atoms with Crippen molar-refractivity contribution in [1.82, 2.24) is 14.7 Å². The molecule has 0 saturated heterocycles. The van der Waals surface area contributed by atoms with Gasteiger partial charge in [0.15, 0.2) is 0 Å². The van der Waals surface area contributed by atoms with Gasteiger partial charge in [0.05, 0.1) is 25.8 Å². The number of rotatable bonds is 6. The summed E-state index contributed by atoms with van der Waals surface area (Å²) in [6.45, 7) is 0. The second-order valence-corrected chi connectivity index (χ2v) is 6.69. The number of carbonyl (C=O) groups excluding carboxylic acids is 1. The Bertz CT molecular complexity index is 888. The lowest BCUT2D eigenvalue weighted by atomic mass is 10.3. The van der Waals surface area contributed by atoms with Crippen LogP contribution in [-0.2, 0) is 10.0 Å². The molecule has 25 heavy (non-hydrogen) atoms. The minimum atomic E-state index is -4.39. The van der Waals surface area contributed by atoms with Gasteiger partial charge in [-0.1, -0.05) is 0 Å². The third kappa shape index (κ3) is 4.33. The standard InChI is InChI=1S/C12H12N4O7S2/c1-22-8-3-9(23-2)14-11(13-8)15-12(19)16-25(20,21)7-5-24-4-6(7)10(17)18/h3-5H,1-2H3,(H,17,18)(H2,13,14,15,16,19).